The summed E-state index contributed by atoms with van der Waals surface area (Å²) in [4.78, 5) is 12.0. The highest BCUT2D eigenvalue weighted by atomic mass is 79.9. The normalized spacial score (nSPS) is 11.7. The van der Waals surface area contributed by atoms with Gasteiger partial charge in [0.05, 0.1) is 11.8 Å². The topological polar surface area (TPSA) is 117 Å². The second-order valence-corrected chi connectivity index (χ2v) is 6.82. The zero-order chi connectivity index (χ0) is 14.8. The monoisotopic (exact) mass is 361 g/mol. The molecule has 10 heteroatoms. The molecule has 0 aliphatic heterocycles. The van der Waals surface area contributed by atoms with Gasteiger partial charge in [-0.2, -0.15) is 15.4 Å². The molecule has 1 amide bonds. The summed E-state index contributed by atoms with van der Waals surface area (Å²) in [6.07, 6.45) is 1.06. The van der Waals surface area contributed by atoms with E-state index in [1.165, 1.54) is 0 Å². The maximum atomic E-state index is 12.0. The van der Waals surface area contributed by atoms with Crippen LogP contribution >= 0.6 is 15.9 Å². The zero-order valence-corrected chi connectivity index (χ0v) is 12.9. The van der Waals surface area contributed by atoms with Gasteiger partial charge in [0.2, 0.25) is 10.0 Å². The molecule has 0 saturated carbocycles. The maximum absolute atomic E-state index is 12.0. The van der Waals surface area contributed by atoms with E-state index in [1.54, 1.807) is 12.1 Å². The first-order chi connectivity index (χ1) is 9.37. The molecular weight excluding hydrogens is 350 g/mol. The Morgan fingerprint density at radius 2 is 2.10 bits per heavy atom. The molecule has 0 aliphatic carbocycles. The number of aromatic nitrogens is 3. The van der Waals surface area contributed by atoms with Crippen molar-refractivity contribution in [3.63, 3.8) is 0 Å². The molecule has 1 heterocycles. The minimum absolute atomic E-state index is 0.126. The van der Waals surface area contributed by atoms with Crippen LogP contribution in [0, 0.1) is 0 Å². The van der Waals surface area contributed by atoms with Crippen LogP contribution in [0.25, 0.3) is 11.0 Å². The number of nitrogens with one attached hydrogen (secondary N) is 3. The summed E-state index contributed by atoms with van der Waals surface area (Å²) >= 11 is 3.29. The van der Waals surface area contributed by atoms with Crippen molar-refractivity contribution in [3.05, 3.63) is 22.2 Å². The first kappa shape index (κ1) is 14.9. The Kier molecular flexibility index (Phi) is 4.35. The van der Waals surface area contributed by atoms with Crippen LogP contribution in [0.15, 0.2) is 16.6 Å². The number of benzene rings is 1. The van der Waals surface area contributed by atoms with Crippen molar-refractivity contribution in [2.75, 3.05) is 19.3 Å². The number of carbonyl (C=O) groups excluding carboxylic acids is 1. The molecule has 0 radical (unpaired) electrons. The molecule has 0 saturated heterocycles. The van der Waals surface area contributed by atoms with Crippen LogP contribution in [0.3, 0.4) is 0 Å². The number of fused-ring (bicyclic) bond motifs is 1. The molecule has 2 aromatic rings. The lowest BCUT2D eigenvalue weighted by Gasteiger charge is -2.06. The fourth-order valence-electron chi connectivity index (χ4n) is 1.60. The summed E-state index contributed by atoms with van der Waals surface area (Å²) in [5.74, 6) is -0.347. The number of sulfonamides is 1. The van der Waals surface area contributed by atoms with Crippen molar-refractivity contribution in [2.45, 2.75) is 0 Å². The van der Waals surface area contributed by atoms with Gasteiger partial charge < -0.3 is 5.32 Å². The Hall–Kier alpha value is -1.52. The van der Waals surface area contributed by atoms with Gasteiger partial charge in [-0.05, 0) is 12.1 Å². The van der Waals surface area contributed by atoms with Crippen LogP contribution in [0.2, 0.25) is 0 Å². The van der Waals surface area contributed by atoms with Gasteiger partial charge >= 0.3 is 0 Å². The van der Waals surface area contributed by atoms with Crippen molar-refractivity contribution in [1.82, 2.24) is 25.4 Å². The number of H-pyrrole nitrogens is 1. The molecule has 108 valence electrons. The highest BCUT2D eigenvalue weighted by molar-refractivity contribution is 9.10. The summed E-state index contributed by atoms with van der Waals surface area (Å²) in [6, 6.07) is 3.37. The van der Waals surface area contributed by atoms with Crippen molar-refractivity contribution in [2.24, 2.45) is 0 Å². The SMILES string of the molecule is CS(=O)(=O)NCCNC(=O)c1cc(Br)cc2n[nH]nc12. The number of hydrogen-bond acceptors (Lipinski definition) is 5. The molecule has 8 nitrogen and oxygen atoms in total. The summed E-state index contributed by atoms with van der Waals surface area (Å²) in [5, 5.41) is 12.9. The first-order valence-electron chi connectivity index (χ1n) is 5.60. The molecule has 2 rings (SSSR count). The molecule has 1 aromatic heterocycles. The summed E-state index contributed by atoms with van der Waals surface area (Å²) in [7, 11) is -3.26. The quantitative estimate of drug-likeness (QED) is 0.648. The molecule has 0 bridgehead atoms. The molecule has 0 atom stereocenters. The number of rotatable bonds is 5. The van der Waals surface area contributed by atoms with Crippen molar-refractivity contribution < 1.29 is 13.2 Å². The van der Waals surface area contributed by atoms with Gasteiger partial charge in [0.1, 0.15) is 11.0 Å². The third-order valence-electron chi connectivity index (χ3n) is 2.41. The lowest BCUT2D eigenvalue weighted by molar-refractivity contribution is 0.0955. The Morgan fingerprint density at radius 1 is 1.35 bits per heavy atom. The largest absolute Gasteiger partial charge is 0.351 e. The van der Waals surface area contributed by atoms with Gasteiger partial charge in [-0.15, -0.1) is 0 Å². The number of amides is 1. The van der Waals surface area contributed by atoms with Crippen LogP contribution in [0.4, 0.5) is 0 Å². The molecule has 20 heavy (non-hydrogen) atoms. The second-order valence-electron chi connectivity index (χ2n) is 4.07. The second kappa shape index (κ2) is 5.85. The van der Waals surface area contributed by atoms with E-state index in [9.17, 15) is 13.2 Å². The highest BCUT2D eigenvalue weighted by Gasteiger charge is 2.14. The van der Waals surface area contributed by atoms with E-state index in [2.05, 4.69) is 41.4 Å². The van der Waals surface area contributed by atoms with Crippen LogP contribution < -0.4 is 10.0 Å². The van der Waals surface area contributed by atoms with Crippen molar-refractivity contribution >= 4 is 42.9 Å². The van der Waals surface area contributed by atoms with Gasteiger partial charge in [-0.3, -0.25) is 4.79 Å². The predicted molar refractivity (Wildman–Crippen MR) is 76.8 cm³/mol. The van der Waals surface area contributed by atoms with Gasteiger partial charge in [0.25, 0.3) is 5.91 Å². The third-order valence-corrected chi connectivity index (χ3v) is 3.59. The number of aromatic amines is 1. The molecule has 0 spiro atoms. The zero-order valence-electron chi connectivity index (χ0n) is 10.5. The maximum Gasteiger partial charge on any atom is 0.253 e. The fourth-order valence-corrected chi connectivity index (χ4v) is 2.52. The van der Waals surface area contributed by atoms with E-state index in [0.29, 0.717) is 21.1 Å². The van der Waals surface area contributed by atoms with Crippen LogP contribution in [-0.2, 0) is 10.0 Å². The molecular formula is C10H12BrN5O3S. The van der Waals surface area contributed by atoms with Gasteiger partial charge in [-0.1, -0.05) is 15.9 Å². The Bertz CT molecular complexity index is 742. The summed E-state index contributed by atoms with van der Waals surface area (Å²) in [6.45, 7) is 0.304. The highest BCUT2D eigenvalue weighted by Crippen LogP contribution is 2.20. The Balaban J connectivity index is 2.06. The van der Waals surface area contributed by atoms with E-state index in [0.717, 1.165) is 6.26 Å². The lowest BCUT2D eigenvalue weighted by Crippen LogP contribution is -2.34. The minimum atomic E-state index is -3.26. The van der Waals surface area contributed by atoms with E-state index in [1.807, 2.05) is 0 Å². The summed E-state index contributed by atoms with van der Waals surface area (Å²) in [5.41, 5.74) is 1.39. The van der Waals surface area contributed by atoms with Gasteiger partial charge in [0, 0.05) is 17.6 Å². The van der Waals surface area contributed by atoms with E-state index in [4.69, 9.17) is 0 Å². The molecule has 0 aliphatic rings. The fraction of sp³-hybridized carbons (Fsp3) is 0.300. The lowest BCUT2D eigenvalue weighted by atomic mass is 10.1. The van der Waals surface area contributed by atoms with E-state index >= 15 is 0 Å². The van der Waals surface area contributed by atoms with Crippen LogP contribution in [0.1, 0.15) is 10.4 Å². The van der Waals surface area contributed by atoms with Gasteiger partial charge in [0.15, 0.2) is 0 Å². The number of halogens is 1. The average Bonchev–Trinajstić information content (AvgIpc) is 2.80. The van der Waals surface area contributed by atoms with Gasteiger partial charge in [-0.25, -0.2) is 13.1 Å². The minimum Gasteiger partial charge on any atom is -0.351 e. The Labute approximate surface area is 123 Å². The smallest absolute Gasteiger partial charge is 0.253 e. The van der Waals surface area contributed by atoms with Crippen molar-refractivity contribution in [3.8, 4) is 0 Å². The molecule has 1 aromatic carbocycles. The van der Waals surface area contributed by atoms with Crippen LogP contribution in [-0.4, -0.2) is 49.1 Å². The average molecular weight is 362 g/mol. The molecule has 0 fully saturated rings. The van der Waals surface area contributed by atoms with E-state index in [-0.39, 0.29) is 19.0 Å². The van der Waals surface area contributed by atoms with Crippen LogP contribution in [0.5, 0.6) is 0 Å². The molecule has 3 N–H and O–H groups in total. The third kappa shape index (κ3) is 3.74. The van der Waals surface area contributed by atoms with E-state index < -0.39 is 10.0 Å². The Morgan fingerprint density at radius 3 is 2.80 bits per heavy atom. The first-order valence-corrected chi connectivity index (χ1v) is 8.28. The number of nitrogens with zero attached hydrogens (tertiary/aromatic N) is 2. The summed E-state index contributed by atoms with van der Waals surface area (Å²) < 4.78 is 24.7. The molecule has 0 unspecified atom stereocenters. The standard InChI is InChI=1S/C10H12BrN5O3S/c1-20(18,19)13-3-2-12-10(17)7-4-6(11)5-8-9(7)15-16-14-8/h4-5,13H,2-3H2,1H3,(H,12,17)(H,14,15,16). The van der Waals surface area contributed by atoms with Crippen molar-refractivity contribution in [1.29, 1.82) is 0 Å². The number of carbonyl (C=O) groups is 1. The number of hydrogen-bond donors (Lipinski definition) is 3. The predicted octanol–water partition coefficient (Wildman–Crippen LogP) is -0.000600.